The molecule has 0 atom stereocenters. The number of hydrogen-bond acceptors (Lipinski definition) is 5. The molecule has 0 radical (unpaired) electrons. The Morgan fingerprint density at radius 2 is 1.69 bits per heavy atom. The number of unbranched alkanes of at least 4 members (excludes halogenated alkanes) is 1. The maximum absolute atomic E-state index is 13.2. The van der Waals surface area contributed by atoms with E-state index in [9.17, 15) is 9.18 Å². The number of nitrogens with zero attached hydrogens (tertiary/aromatic N) is 6. The minimum absolute atomic E-state index is 0.0609. The van der Waals surface area contributed by atoms with Crippen LogP contribution in [0.1, 0.15) is 36.8 Å². The summed E-state index contributed by atoms with van der Waals surface area (Å²) >= 11 is 0. The first-order valence-corrected chi connectivity index (χ1v) is 12.6. The maximum Gasteiger partial charge on any atom is 0.227 e. The summed E-state index contributed by atoms with van der Waals surface area (Å²) in [5.41, 5.74) is 3.51. The first-order valence-electron chi connectivity index (χ1n) is 12.6. The van der Waals surface area contributed by atoms with Crippen molar-refractivity contribution in [2.45, 2.75) is 39.5 Å². The van der Waals surface area contributed by atoms with Crippen molar-refractivity contribution in [1.82, 2.24) is 24.6 Å². The van der Waals surface area contributed by atoms with E-state index in [1.807, 2.05) is 46.8 Å². The highest BCUT2D eigenvalue weighted by Crippen LogP contribution is 2.30. The lowest BCUT2D eigenvalue weighted by Crippen LogP contribution is -2.49. The van der Waals surface area contributed by atoms with Gasteiger partial charge in [0, 0.05) is 32.6 Å². The van der Waals surface area contributed by atoms with Gasteiger partial charge in [-0.05, 0) is 43.2 Å². The normalized spacial score (nSPS) is 14.0. The molecule has 1 aliphatic heterocycles. The van der Waals surface area contributed by atoms with Crippen LogP contribution in [-0.4, -0.2) is 56.7 Å². The molecule has 2 aromatic heterocycles. The zero-order valence-corrected chi connectivity index (χ0v) is 20.8. The van der Waals surface area contributed by atoms with Crippen molar-refractivity contribution < 1.29 is 9.18 Å². The average molecular weight is 487 g/mol. The predicted octanol–water partition coefficient (Wildman–Crippen LogP) is 4.50. The number of anilines is 1. The number of para-hydroxylation sites is 1. The molecule has 0 aliphatic carbocycles. The molecule has 1 amide bonds. The number of carbonyl (C=O) groups is 1. The van der Waals surface area contributed by atoms with Gasteiger partial charge in [0.2, 0.25) is 5.91 Å². The van der Waals surface area contributed by atoms with Crippen LogP contribution in [-0.2, 0) is 17.6 Å². The van der Waals surface area contributed by atoms with Crippen molar-refractivity contribution in [1.29, 1.82) is 0 Å². The van der Waals surface area contributed by atoms with Crippen molar-refractivity contribution in [3.63, 3.8) is 0 Å². The molecular weight excluding hydrogens is 455 g/mol. The third-order valence-electron chi connectivity index (χ3n) is 6.68. The van der Waals surface area contributed by atoms with Gasteiger partial charge in [0.1, 0.15) is 17.5 Å². The van der Waals surface area contributed by atoms with Gasteiger partial charge in [0.05, 0.1) is 23.2 Å². The molecule has 4 aromatic rings. The number of aromatic nitrogens is 4. The third-order valence-corrected chi connectivity index (χ3v) is 6.68. The van der Waals surface area contributed by atoms with Crippen LogP contribution < -0.4 is 4.90 Å². The number of piperazine rings is 1. The number of rotatable bonds is 7. The van der Waals surface area contributed by atoms with E-state index in [-0.39, 0.29) is 18.1 Å². The van der Waals surface area contributed by atoms with Crippen LogP contribution in [0.15, 0.2) is 54.6 Å². The summed E-state index contributed by atoms with van der Waals surface area (Å²) < 4.78 is 15.1. The molecule has 1 aliphatic rings. The van der Waals surface area contributed by atoms with E-state index in [1.165, 1.54) is 12.1 Å². The Bertz CT molecular complexity index is 1340. The second-order valence-corrected chi connectivity index (χ2v) is 9.27. The molecule has 5 rings (SSSR count). The molecule has 3 heterocycles. The highest BCUT2D eigenvalue weighted by Gasteiger charge is 2.26. The molecule has 0 saturated carbocycles. The van der Waals surface area contributed by atoms with Crippen molar-refractivity contribution >= 4 is 22.8 Å². The molecule has 0 bridgehead atoms. The van der Waals surface area contributed by atoms with Gasteiger partial charge in [0.25, 0.3) is 0 Å². The van der Waals surface area contributed by atoms with E-state index in [4.69, 9.17) is 15.1 Å². The number of halogens is 1. The van der Waals surface area contributed by atoms with Crippen LogP contribution in [0.25, 0.3) is 16.7 Å². The first kappa shape index (κ1) is 23.9. The standard InChI is InChI=1S/C28H31FN6O/c1-3-4-10-24-30-27(26-20(2)32-35(28(26)31-24)23-8-6-5-7-9-23)34-17-15-33(16-18-34)25(36)19-21-11-13-22(29)14-12-21/h5-9,11-14H,3-4,10,15-19H2,1-2H3. The fourth-order valence-electron chi connectivity index (χ4n) is 4.69. The minimum atomic E-state index is -0.292. The minimum Gasteiger partial charge on any atom is -0.352 e. The van der Waals surface area contributed by atoms with Gasteiger partial charge >= 0.3 is 0 Å². The summed E-state index contributed by atoms with van der Waals surface area (Å²) in [6, 6.07) is 16.2. The van der Waals surface area contributed by atoms with Crippen molar-refractivity contribution in [3.8, 4) is 5.69 Å². The summed E-state index contributed by atoms with van der Waals surface area (Å²) in [5.74, 6) is 1.49. The number of carbonyl (C=O) groups excluding carboxylic acids is 1. The van der Waals surface area contributed by atoms with Crippen molar-refractivity contribution in [2.75, 3.05) is 31.1 Å². The molecule has 1 saturated heterocycles. The average Bonchev–Trinajstić information content (AvgIpc) is 3.25. The summed E-state index contributed by atoms with van der Waals surface area (Å²) in [4.78, 5) is 26.9. The highest BCUT2D eigenvalue weighted by molar-refractivity contribution is 5.91. The van der Waals surface area contributed by atoms with Crippen molar-refractivity contribution in [3.05, 3.63) is 77.5 Å². The summed E-state index contributed by atoms with van der Waals surface area (Å²) in [6.45, 7) is 6.76. The lowest BCUT2D eigenvalue weighted by molar-refractivity contribution is -0.130. The van der Waals surface area contributed by atoms with Crippen LogP contribution in [0.3, 0.4) is 0 Å². The molecule has 0 N–H and O–H groups in total. The number of amides is 1. The predicted molar refractivity (Wildman–Crippen MR) is 139 cm³/mol. The van der Waals surface area contributed by atoms with Gasteiger partial charge in [-0.3, -0.25) is 4.79 Å². The van der Waals surface area contributed by atoms with Crippen LogP contribution in [0.5, 0.6) is 0 Å². The van der Waals surface area contributed by atoms with E-state index < -0.39 is 0 Å². The molecular formula is C28H31FN6O. The first-order chi connectivity index (χ1) is 17.5. The number of hydrogen-bond donors (Lipinski definition) is 0. The van der Waals surface area contributed by atoms with Gasteiger partial charge in [-0.25, -0.2) is 19.0 Å². The fourth-order valence-corrected chi connectivity index (χ4v) is 4.69. The van der Waals surface area contributed by atoms with Crippen LogP contribution in [0.4, 0.5) is 10.2 Å². The second-order valence-electron chi connectivity index (χ2n) is 9.27. The van der Waals surface area contributed by atoms with E-state index >= 15 is 0 Å². The summed E-state index contributed by atoms with van der Waals surface area (Å²) in [5, 5.41) is 5.79. The third kappa shape index (κ3) is 4.94. The molecule has 0 spiro atoms. The second kappa shape index (κ2) is 10.4. The van der Waals surface area contributed by atoms with Gasteiger partial charge in [-0.2, -0.15) is 5.10 Å². The van der Waals surface area contributed by atoms with Gasteiger partial charge in [-0.1, -0.05) is 43.7 Å². The Balaban J connectivity index is 1.40. The Hall–Kier alpha value is -3.81. The zero-order valence-electron chi connectivity index (χ0n) is 20.8. The van der Waals surface area contributed by atoms with Gasteiger partial charge < -0.3 is 9.80 Å². The Morgan fingerprint density at radius 1 is 0.972 bits per heavy atom. The smallest absolute Gasteiger partial charge is 0.227 e. The molecule has 1 fully saturated rings. The molecule has 7 nitrogen and oxygen atoms in total. The molecule has 0 unspecified atom stereocenters. The number of fused-ring (bicyclic) bond motifs is 1. The lowest BCUT2D eigenvalue weighted by atomic mass is 10.1. The van der Waals surface area contributed by atoms with Crippen molar-refractivity contribution in [2.24, 2.45) is 0 Å². The van der Waals surface area contributed by atoms with Crippen LogP contribution >= 0.6 is 0 Å². The SMILES string of the molecule is CCCCc1nc(N2CCN(C(=O)Cc3ccc(F)cc3)CC2)c2c(C)nn(-c3ccccc3)c2n1. The largest absolute Gasteiger partial charge is 0.352 e. The Labute approximate surface area is 210 Å². The molecule has 8 heteroatoms. The Morgan fingerprint density at radius 3 is 2.39 bits per heavy atom. The highest BCUT2D eigenvalue weighted by atomic mass is 19.1. The summed E-state index contributed by atoms with van der Waals surface area (Å²) in [6.07, 6.45) is 3.19. The number of benzene rings is 2. The van der Waals surface area contributed by atoms with Gasteiger partial charge in [-0.15, -0.1) is 0 Å². The number of aryl methyl sites for hydroxylation is 2. The zero-order chi connectivity index (χ0) is 25.1. The molecule has 2 aromatic carbocycles. The monoisotopic (exact) mass is 486 g/mol. The maximum atomic E-state index is 13.2. The van der Waals surface area contributed by atoms with E-state index in [0.717, 1.165) is 58.9 Å². The summed E-state index contributed by atoms with van der Waals surface area (Å²) in [7, 11) is 0. The van der Waals surface area contributed by atoms with Crippen LogP contribution in [0.2, 0.25) is 0 Å². The van der Waals surface area contributed by atoms with Crippen LogP contribution in [0, 0.1) is 12.7 Å². The lowest BCUT2D eigenvalue weighted by Gasteiger charge is -2.36. The molecule has 186 valence electrons. The topological polar surface area (TPSA) is 67.2 Å². The van der Waals surface area contributed by atoms with E-state index in [0.29, 0.717) is 26.2 Å². The molecule has 36 heavy (non-hydrogen) atoms. The quantitative estimate of drug-likeness (QED) is 0.385. The van der Waals surface area contributed by atoms with Gasteiger partial charge in [0.15, 0.2) is 5.65 Å². The van der Waals surface area contributed by atoms with E-state index in [1.54, 1.807) is 12.1 Å². The van der Waals surface area contributed by atoms with E-state index in [2.05, 4.69) is 11.8 Å². The fraction of sp³-hybridized carbons (Fsp3) is 0.357. The Kier molecular flexibility index (Phi) is 6.93.